The highest BCUT2D eigenvalue weighted by atomic mass is 32.1. The molecule has 1 saturated heterocycles. The molecule has 0 atom stereocenters. The van der Waals surface area contributed by atoms with Crippen molar-refractivity contribution in [3.05, 3.63) is 53.5 Å². The monoisotopic (exact) mass is 425 g/mol. The van der Waals surface area contributed by atoms with E-state index in [2.05, 4.69) is 15.2 Å². The maximum absolute atomic E-state index is 12.1. The van der Waals surface area contributed by atoms with Gasteiger partial charge >= 0.3 is 5.97 Å². The molecule has 1 aromatic heterocycles. The van der Waals surface area contributed by atoms with Crippen LogP contribution in [-0.4, -0.2) is 49.8 Å². The average Bonchev–Trinajstić information content (AvgIpc) is 3.20. The Morgan fingerprint density at radius 2 is 1.87 bits per heavy atom. The Kier molecular flexibility index (Phi) is 6.56. The molecular formula is C22H23N3O4S. The third-order valence-electron chi connectivity index (χ3n) is 4.77. The maximum Gasteiger partial charge on any atom is 0.306 e. The summed E-state index contributed by atoms with van der Waals surface area (Å²) < 4.78 is 11.5. The largest absolute Gasteiger partial charge is 0.456 e. The van der Waals surface area contributed by atoms with Crippen LogP contribution < -0.4 is 10.2 Å². The number of esters is 1. The molecule has 1 amide bonds. The first-order valence-electron chi connectivity index (χ1n) is 9.90. The summed E-state index contributed by atoms with van der Waals surface area (Å²) in [4.78, 5) is 30.8. The number of carbonyl (C=O) groups is 2. The van der Waals surface area contributed by atoms with Gasteiger partial charge in [0.15, 0.2) is 6.61 Å². The lowest BCUT2D eigenvalue weighted by molar-refractivity contribution is -0.147. The molecule has 3 aromatic rings. The van der Waals surface area contributed by atoms with E-state index in [0.717, 1.165) is 47.2 Å². The number of para-hydroxylation sites is 1. The van der Waals surface area contributed by atoms with Crippen LogP contribution in [0.15, 0.2) is 48.5 Å². The molecule has 1 fully saturated rings. The van der Waals surface area contributed by atoms with Gasteiger partial charge in [-0.1, -0.05) is 12.1 Å². The standard InChI is InChI=1S/C22H23N3O4S/c26-20(23-16-5-7-17(8-6-16)25-11-13-28-14-12-25)15-29-22(27)10-9-21-24-18-3-1-2-4-19(18)30-21/h1-8H,9-15H2,(H,23,26). The van der Waals surface area contributed by atoms with Crippen LogP contribution in [0, 0.1) is 0 Å². The molecule has 30 heavy (non-hydrogen) atoms. The number of rotatable bonds is 7. The number of benzene rings is 2. The number of carbonyl (C=O) groups excluding carboxylic acids is 2. The Labute approximate surface area is 178 Å². The van der Waals surface area contributed by atoms with Gasteiger partial charge in [0, 0.05) is 30.9 Å². The molecular weight excluding hydrogens is 402 g/mol. The predicted octanol–water partition coefficient (Wildman–Crippen LogP) is 3.25. The lowest BCUT2D eigenvalue weighted by Gasteiger charge is -2.28. The van der Waals surface area contributed by atoms with Crippen LogP contribution in [0.5, 0.6) is 0 Å². The summed E-state index contributed by atoms with van der Waals surface area (Å²) in [5.41, 5.74) is 2.70. The molecule has 0 aliphatic carbocycles. The highest BCUT2D eigenvalue weighted by molar-refractivity contribution is 7.18. The first-order valence-corrected chi connectivity index (χ1v) is 10.7. The van der Waals surface area contributed by atoms with Gasteiger partial charge < -0.3 is 19.7 Å². The number of amides is 1. The molecule has 156 valence electrons. The van der Waals surface area contributed by atoms with Crippen molar-refractivity contribution in [3.8, 4) is 0 Å². The minimum Gasteiger partial charge on any atom is -0.456 e. The SMILES string of the molecule is O=C(COC(=O)CCc1nc2ccccc2s1)Nc1ccc(N2CCOCC2)cc1. The molecule has 1 N–H and O–H groups in total. The molecule has 2 aromatic carbocycles. The lowest BCUT2D eigenvalue weighted by atomic mass is 10.2. The van der Waals surface area contributed by atoms with Crippen LogP contribution >= 0.6 is 11.3 Å². The summed E-state index contributed by atoms with van der Waals surface area (Å²) in [7, 11) is 0. The summed E-state index contributed by atoms with van der Waals surface area (Å²) in [6.07, 6.45) is 0.699. The van der Waals surface area contributed by atoms with Crippen molar-refractivity contribution in [2.45, 2.75) is 12.8 Å². The van der Waals surface area contributed by atoms with Crippen molar-refractivity contribution in [1.82, 2.24) is 4.98 Å². The molecule has 7 nitrogen and oxygen atoms in total. The van der Waals surface area contributed by atoms with E-state index in [1.54, 1.807) is 11.3 Å². The van der Waals surface area contributed by atoms with E-state index in [1.165, 1.54) is 0 Å². The maximum atomic E-state index is 12.1. The van der Waals surface area contributed by atoms with Crippen molar-refractivity contribution >= 4 is 44.8 Å². The van der Waals surface area contributed by atoms with Gasteiger partial charge in [0.2, 0.25) is 0 Å². The van der Waals surface area contributed by atoms with Crippen molar-refractivity contribution in [3.63, 3.8) is 0 Å². The molecule has 1 aliphatic rings. The molecule has 0 spiro atoms. The van der Waals surface area contributed by atoms with Gasteiger partial charge in [0.1, 0.15) is 0 Å². The Morgan fingerprint density at radius 1 is 1.10 bits per heavy atom. The number of hydrogen-bond donors (Lipinski definition) is 1. The van der Waals surface area contributed by atoms with Gasteiger partial charge in [-0.15, -0.1) is 11.3 Å². The fourth-order valence-electron chi connectivity index (χ4n) is 3.23. The number of aryl methyl sites for hydroxylation is 1. The van der Waals surface area contributed by atoms with Crippen molar-refractivity contribution in [1.29, 1.82) is 0 Å². The molecule has 0 saturated carbocycles. The fourth-order valence-corrected chi connectivity index (χ4v) is 4.20. The Bertz CT molecular complexity index is 980. The van der Waals surface area contributed by atoms with Crippen LogP contribution in [0.1, 0.15) is 11.4 Å². The molecule has 1 aliphatic heterocycles. The van der Waals surface area contributed by atoms with Gasteiger partial charge in [-0.2, -0.15) is 0 Å². The molecule has 8 heteroatoms. The molecule has 0 bridgehead atoms. The summed E-state index contributed by atoms with van der Waals surface area (Å²) >= 11 is 1.57. The quantitative estimate of drug-likeness (QED) is 0.586. The van der Waals surface area contributed by atoms with E-state index in [-0.39, 0.29) is 18.9 Å². The zero-order valence-corrected chi connectivity index (χ0v) is 17.3. The normalized spacial score (nSPS) is 13.9. The van der Waals surface area contributed by atoms with Crippen LogP contribution in [-0.2, 0) is 25.5 Å². The van der Waals surface area contributed by atoms with E-state index in [1.807, 2.05) is 48.5 Å². The zero-order valence-electron chi connectivity index (χ0n) is 16.5. The van der Waals surface area contributed by atoms with E-state index in [4.69, 9.17) is 9.47 Å². The minimum absolute atomic E-state index is 0.196. The van der Waals surface area contributed by atoms with Crippen LogP contribution in [0.2, 0.25) is 0 Å². The van der Waals surface area contributed by atoms with Gasteiger partial charge in [-0.3, -0.25) is 9.59 Å². The Balaban J connectivity index is 1.19. The molecule has 0 unspecified atom stereocenters. The van der Waals surface area contributed by atoms with Gasteiger partial charge in [0.05, 0.1) is 34.9 Å². The number of anilines is 2. The smallest absolute Gasteiger partial charge is 0.306 e. The molecule has 2 heterocycles. The lowest BCUT2D eigenvalue weighted by Crippen LogP contribution is -2.36. The first kappa shape index (κ1) is 20.3. The van der Waals surface area contributed by atoms with Crippen LogP contribution in [0.25, 0.3) is 10.2 Å². The Morgan fingerprint density at radius 3 is 2.63 bits per heavy atom. The first-order chi connectivity index (χ1) is 14.7. The van der Waals surface area contributed by atoms with Crippen LogP contribution in [0.4, 0.5) is 11.4 Å². The van der Waals surface area contributed by atoms with Gasteiger partial charge in [0.25, 0.3) is 5.91 Å². The van der Waals surface area contributed by atoms with Gasteiger partial charge in [-0.25, -0.2) is 4.98 Å². The number of ether oxygens (including phenoxy) is 2. The number of thiazole rings is 1. The second-order valence-electron chi connectivity index (χ2n) is 6.93. The topological polar surface area (TPSA) is 80.8 Å². The van der Waals surface area contributed by atoms with E-state index in [0.29, 0.717) is 12.1 Å². The average molecular weight is 426 g/mol. The number of fused-ring (bicyclic) bond motifs is 1. The number of nitrogens with zero attached hydrogens (tertiary/aromatic N) is 2. The van der Waals surface area contributed by atoms with E-state index >= 15 is 0 Å². The van der Waals surface area contributed by atoms with Gasteiger partial charge in [-0.05, 0) is 36.4 Å². The number of aromatic nitrogens is 1. The summed E-state index contributed by atoms with van der Waals surface area (Å²) in [6, 6.07) is 15.5. The fraction of sp³-hybridized carbons (Fsp3) is 0.318. The third-order valence-corrected chi connectivity index (χ3v) is 5.87. The van der Waals surface area contributed by atoms with Crippen molar-refractivity contribution in [2.75, 3.05) is 43.1 Å². The summed E-state index contributed by atoms with van der Waals surface area (Å²) in [6.45, 7) is 2.87. The highest BCUT2D eigenvalue weighted by Gasteiger charge is 2.12. The zero-order chi connectivity index (χ0) is 20.8. The van der Waals surface area contributed by atoms with Crippen molar-refractivity contribution in [2.24, 2.45) is 0 Å². The minimum atomic E-state index is -0.410. The highest BCUT2D eigenvalue weighted by Crippen LogP contribution is 2.22. The Hall–Kier alpha value is -2.97. The second-order valence-corrected chi connectivity index (χ2v) is 8.05. The van der Waals surface area contributed by atoms with E-state index in [9.17, 15) is 9.59 Å². The third kappa shape index (κ3) is 5.34. The van der Waals surface area contributed by atoms with Crippen LogP contribution in [0.3, 0.4) is 0 Å². The molecule has 0 radical (unpaired) electrons. The predicted molar refractivity (Wildman–Crippen MR) is 117 cm³/mol. The summed E-state index contributed by atoms with van der Waals surface area (Å²) in [5.74, 6) is -0.769. The van der Waals surface area contributed by atoms with Crippen molar-refractivity contribution < 1.29 is 19.1 Å². The number of nitrogens with one attached hydrogen (secondary N) is 1. The molecule has 4 rings (SSSR count). The van der Waals surface area contributed by atoms with E-state index < -0.39 is 5.97 Å². The number of hydrogen-bond acceptors (Lipinski definition) is 7. The summed E-state index contributed by atoms with van der Waals surface area (Å²) in [5, 5.41) is 3.64. The second kappa shape index (κ2) is 9.69. The number of morpholine rings is 1.